The van der Waals surface area contributed by atoms with Crippen LogP contribution in [0.1, 0.15) is 105 Å². The van der Waals surface area contributed by atoms with Gasteiger partial charge in [-0.05, 0) is 212 Å². The molecule has 2 aromatic heterocycles. The van der Waals surface area contributed by atoms with Gasteiger partial charge in [0.15, 0.2) is 0 Å². The SMILES string of the molecule is CC(C)(C)c1cc(-c2ccccc2)cc(-c2ccc3c(c2)N(c2c(-c4ccccc4)cc(C(C)(C)C)cc2-c2ccccc2)c2cc(C(C)(C)C)cc4c2B3c2cc(-c3cccc(-c5ccccc5)c3)ccc2N4c2c(-c3cccc4oc5ccccc5c34)cc(C(C)(C)C)cc2-c2cccc3oc4ccccc4c23)c1. The van der Waals surface area contributed by atoms with Crippen molar-refractivity contribution in [2.75, 3.05) is 9.80 Å². The largest absolute Gasteiger partial charge is 0.456 e. The second-order valence-electron chi connectivity index (χ2n) is 34.8. The fourth-order valence-electron chi connectivity index (χ4n) is 17.5. The molecule has 4 heterocycles. The first-order chi connectivity index (χ1) is 53.6. The van der Waals surface area contributed by atoms with Gasteiger partial charge in [-0.25, -0.2) is 0 Å². The Morgan fingerprint density at radius 3 is 1.08 bits per heavy atom. The minimum atomic E-state index is -0.374. The third-order valence-electron chi connectivity index (χ3n) is 23.4. The summed E-state index contributed by atoms with van der Waals surface area (Å²) in [7, 11) is 0. The monoisotopic (exact) mass is 1430 g/mol. The van der Waals surface area contributed by atoms with E-state index in [1.54, 1.807) is 0 Å². The average Bonchev–Trinajstić information content (AvgIpc) is 1.21. The summed E-state index contributed by atoms with van der Waals surface area (Å²) >= 11 is 0. The van der Waals surface area contributed by atoms with Crippen LogP contribution >= 0.6 is 0 Å². The van der Waals surface area contributed by atoms with E-state index in [9.17, 15) is 0 Å². The van der Waals surface area contributed by atoms with Gasteiger partial charge in [-0.3, -0.25) is 0 Å². The predicted octanol–water partition coefficient (Wildman–Crippen LogP) is 28.1. The van der Waals surface area contributed by atoms with Crippen molar-refractivity contribution >= 4 is 101 Å². The van der Waals surface area contributed by atoms with Crippen LogP contribution in [0.3, 0.4) is 0 Å². The van der Waals surface area contributed by atoms with Crippen LogP contribution in [0.4, 0.5) is 34.1 Å². The van der Waals surface area contributed by atoms with Crippen LogP contribution in [0.25, 0.3) is 133 Å². The molecule has 4 nitrogen and oxygen atoms in total. The summed E-state index contributed by atoms with van der Waals surface area (Å²) in [6.45, 7) is 28.1. The molecule has 17 aromatic rings. The Balaban J connectivity index is 1.01. The molecule has 5 heteroatoms. The van der Waals surface area contributed by atoms with E-state index in [2.05, 4.69) is 414 Å². The van der Waals surface area contributed by atoms with E-state index in [-0.39, 0.29) is 28.4 Å². The zero-order valence-electron chi connectivity index (χ0n) is 65.4. The van der Waals surface area contributed by atoms with E-state index in [1.807, 2.05) is 0 Å². The molecule has 0 fully saturated rings. The molecule has 0 aliphatic carbocycles. The van der Waals surface area contributed by atoms with Crippen molar-refractivity contribution in [3.05, 3.63) is 344 Å². The predicted molar refractivity (Wildman–Crippen MR) is 473 cm³/mol. The van der Waals surface area contributed by atoms with Crippen LogP contribution in [0.2, 0.25) is 0 Å². The van der Waals surface area contributed by atoms with Crippen molar-refractivity contribution in [3.63, 3.8) is 0 Å². The highest BCUT2D eigenvalue weighted by molar-refractivity contribution is 7.00. The molecule has 0 N–H and O–H groups in total. The summed E-state index contributed by atoms with van der Waals surface area (Å²) in [5.41, 5.74) is 35.9. The molecule has 0 unspecified atom stereocenters. The zero-order chi connectivity index (χ0) is 76.0. The molecule has 2 aliphatic rings. The smallest absolute Gasteiger partial charge is 0.252 e. The van der Waals surface area contributed by atoms with Gasteiger partial charge in [-0.1, -0.05) is 320 Å². The van der Waals surface area contributed by atoms with Gasteiger partial charge in [0.1, 0.15) is 22.3 Å². The van der Waals surface area contributed by atoms with Crippen LogP contribution in [0.5, 0.6) is 0 Å². The van der Waals surface area contributed by atoms with Gasteiger partial charge < -0.3 is 18.6 Å². The number of furan rings is 2. The van der Waals surface area contributed by atoms with Crippen LogP contribution in [0.15, 0.2) is 330 Å². The van der Waals surface area contributed by atoms with Gasteiger partial charge in [0.05, 0.1) is 11.4 Å². The van der Waals surface area contributed by atoms with Crippen LogP contribution in [-0.2, 0) is 21.7 Å². The Morgan fingerprint density at radius 1 is 0.225 bits per heavy atom. The molecular weight excluding hydrogens is 1340 g/mol. The minimum absolute atomic E-state index is 0.150. The Hall–Kier alpha value is -12.4. The molecule has 0 atom stereocenters. The maximum atomic E-state index is 6.96. The maximum Gasteiger partial charge on any atom is 0.252 e. The summed E-state index contributed by atoms with van der Waals surface area (Å²) in [5.74, 6) is 0. The lowest BCUT2D eigenvalue weighted by Crippen LogP contribution is -2.61. The molecule has 0 bridgehead atoms. The second kappa shape index (κ2) is 26.1. The quantitative estimate of drug-likeness (QED) is 0.128. The Bertz CT molecular complexity index is 6360. The number of benzene rings is 15. The van der Waals surface area contributed by atoms with E-state index in [1.165, 1.54) is 66.5 Å². The van der Waals surface area contributed by atoms with Crippen molar-refractivity contribution in [2.45, 2.75) is 105 Å². The van der Waals surface area contributed by atoms with E-state index in [0.717, 1.165) is 139 Å². The van der Waals surface area contributed by atoms with Gasteiger partial charge >= 0.3 is 0 Å². The molecule has 111 heavy (non-hydrogen) atoms. The number of fused-ring (bicyclic) bond motifs is 10. The summed E-state index contributed by atoms with van der Waals surface area (Å²) in [6, 6.07) is 121. The highest BCUT2D eigenvalue weighted by atomic mass is 16.3. The molecule has 0 spiro atoms. The summed E-state index contributed by atoms with van der Waals surface area (Å²) in [4.78, 5) is 5.47. The molecule has 0 amide bonds. The first kappa shape index (κ1) is 69.1. The average molecular weight is 1430 g/mol. The van der Waals surface area contributed by atoms with Crippen molar-refractivity contribution in [2.24, 2.45) is 0 Å². The number of hydrogen-bond acceptors (Lipinski definition) is 4. The fourth-order valence-corrected chi connectivity index (χ4v) is 17.5. The third kappa shape index (κ3) is 11.9. The maximum absolute atomic E-state index is 6.96. The summed E-state index contributed by atoms with van der Waals surface area (Å²) in [5, 5.41) is 4.30. The molecule has 2 aliphatic heterocycles. The van der Waals surface area contributed by atoms with Gasteiger partial charge in [0.2, 0.25) is 0 Å². The number of rotatable bonds is 10. The van der Waals surface area contributed by atoms with Gasteiger partial charge in [0, 0.05) is 66.5 Å². The number of nitrogens with zero attached hydrogens (tertiary/aromatic N) is 2. The Morgan fingerprint density at radius 2 is 0.577 bits per heavy atom. The molecule has 0 saturated carbocycles. The molecule has 538 valence electrons. The van der Waals surface area contributed by atoms with Crippen LogP contribution in [0, 0.1) is 0 Å². The van der Waals surface area contributed by atoms with E-state index in [4.69, 9.17) is 8.83 Å². The Labute approximate surface area is 653 Å². The highest BCUT2D eigenvalue weighted by Crippen LogP contribution is 2.57. The molecule has 0 saturated heterocycles. The lowest BCUT2D eigenvalue weighted by atomic mass is 9.33. The van der Waals surface area contributed by atoms with Gasteiger partial charge in [-0.15, -0.1) is 0 Å². The second-order valence-corrected chi connectivity index (χ2v) is 34.8. The number of hydrogen-bond donors (Lipinski definition) is 0. The molecule has 19 rings (SSSR count). The van der Waals surface area contributed by atoms with Crippen LogP contribution in [-0.4, -0.2) is 6.71 Å². The normalized spacial score (nSPS) is 13.0. The third-order valence-corrected chi connectivity index (χ3v) is 23.4. The van der Waals surface area contributed by atoms with Gasteiger partial charge in [0.25, 0.3) is 6.71 Å². The first-order valence-corrected chi connectivity index (χ1v) is 39.3. The lowest BCUT2D eigenvalue weighted by Gasteiger charge is -2.47. The highest BCUT2D eigenvalue weighted by Gasteiger charge is 2.47. The van der Waals surface area contributed by atoms with Crippen molar-refractivity contribution in [1.29, 1.82) is 0 Å². The van der Waals surface area contributed by atoms with Crippen molar-refractivity contribution in [3.8, 4) is 89.0 Å². The van der Waals surface area contributed by atoms with Crippen molar-refractivity contribution in [1.82, 2.24) is 0 Å². The number of para-hydroxylation sites is 2. The Kier molecular flexibility index (Phi) is 16.3. The van der Waals surface area contributed by atoms with Crippen molar-refractivity contribution < 1.29 is 8.83 Å². The topological polar surface area (TPSA) is 32.8 Å². The standard InChI is InChI=1S/C106H89BN2O2/c1-103(2,3)76-56-74(67-34-19-14-20-35-67)55-75(57-76)73-50-52-88-91(59-73)109(101-84(68-36-21-15-22-37-68)60-77(104(4,5)6)61-85(101)69-38-23-16-24-39-69)93-65-79(106(10,11)12)64-92-100(93)107(88)89-58-72(71-41-29-40-70(54-71)66-32-17-13-18-33-66)51-53-90(89)108(92)102-86(80-44-30-48-96-98(80)82-42-25-27-46-94(82)110-96)62-78(105(7,8)9)63-87(102)81-45-31-49-97-99(81)83-43-26-28-47-95(83)111-97/h13-65H,1-12H3. The fraction of sp³-hybridized carbons (Fsp3) is 0.151. The molecule has 0 radical (unpaired) electrons. The lowest BCUT2D eigenvalue weighted by molar-refractivity contribution is 0.590. The van der Waals surface area contributed by atoms with Gasteiger partial charge in [-0.2, -0.15) is 0 Å². The minimum Gasteiger partial charge on any atom is -0.456 e. The van der Waals surface area contributed by atoms with E-state index >= 15 is 0 Å². The summed E-state index contributed by atoms with van der Waals surface area (Å²) in [6.07, 6.45) is 0. The van der Waals surface area contributed by atoms with E-state index in [0.29, 0.717) is 0 Å². The zero-order valence-corrected chi connectivity index (χ0v) is 65.4. The summed E-state index contributed by atoms with van der Waals surface area (Å²) < 4.78 is 13.9. The van der Waals surface area contributed by atoms with E-state index < -0.39 is 0 Å². The number of anilines is 6. The first-order valence-electron chi connectivity index (χ1n) is 39.3. The molecular formula is C106H89BN2O2. The van der Waals surface area contributed by atoms with Crippen LogP contribution < -0.4 is 26.2 Å². The molecule has 15 aromatic carbocycles.